The van der Waals surface area contributed by atoms with Crippen molar-refractivity contribution in [3.05, 3.63) is 60.2 Å². The lowest BCUT2D eigenvalue weighted by molar-refractivity contribution is 0.0937. The van der Waals surface area contributed by atoms with Crippen molar-refractivity contribution >= 4 is 21.6 Å². The van der Waals surface area contributed by atoms with Crippen LogP contribution in [0, 0.1) is 0 Å². The Labute approximate surface area is 162 Å². The van der Waals surface area contributed by atoms with Gasteiger partial charge in [0.2, 0.25) is 0 Å². The van der Waals surface area contributed by atoms with Crippen molar-refractivity contribution in [1.29, 1.82) is 0 Å². The summed E-state index contributed by atoms with van der Waals surface area (Å²) in [4.78, 5) is 12.6. The summed E-state index contributed by atoms with van der Waals surface area (Å²) < 4.78 is 27.0. The van der Waals surface area contributed by atoms with E-state index in [2.05, 4.69) is 12.2 Å². The first-order valence-electron chi connectivity index (χ1n) is 9.31. The van der Waals surface area contributed by atoms with Crippen LogP contribution in [0.15, 0.2) is 59.5 Å². The van der Waals surface area contributed by atoms with E-state index in [-0.39, 0.29) is 16.8 Å². The number of carbonyl (C=O) groups is 1. The minimum absolute atomic E-state index is 0.0521. The highest BCUT2D eigenvalue weighted by atomic mass is 32.2. The van der Waals surface area contributed by atoms with E-state index in [1.165, 1.54) is 23.5 Å². The molecule has 1 atom stereocenters. The Bertz CT molecular complexity index is 851. The zero-order chi connectivity index (χ0) is 19.9. The van der Waals surface area contributed by atoms with Gasteiger partial charge in [0.25, 0.3) is 15.9 Å². The highest BCUT2D eigenvalue weighted by molar-refractivity contribution is 7.92. The quantitative estimate of drug-likeness (QED) is 0.654. The van der Waals surface area contributed by atoms with Gasteiger partial charge in [-0.05, 0) is 43.7 Å². The summed E-state index contributed by atoms with van der Waals surface area (Å²) in [5, 5.41) is 2.95. The molecule has 0 saturated carbocycles. The fraction of sp³-hybridized carbons (Fsp3) is 0.381. The Morgan fingerprint density at radius 2 is 1.78 bits per heavy atom. The normalized spacial score (nSPS) is 12.4. The van der Waals surface area contributed by atoms with Crippen LogP contribution in [0.1, 0.15) is 49.9 Å². The van der Waals surface area contributed by atoms with Crippen LogP contribution in [0.2, 0.25) is 0 Å². The van der Waals surface area contributed by atoms with Gasteiger partial charge in [0.05, 0.1) is 10.6 Å². The number of rotatable bonds is 9. The van der Waals surface area contributed by atoms with Crippen molar-refractivity contribution in [3.8, 4) is 0 Å². The van der Waals surface area contributed by atoms with E-state index in [1.807, 2.05) is 13.0 Å². The number of nitrogens with zero attached hydrogens (tertiary/aromatic N) is 1. The maximum Gasteiger partial charge on any atom is 0.264 e. The molecule has 0 aliphatic carbocycles. The highest BCUT2D eigenvalue weighted by Gasteiger charge is 2.22. The third kappa shape index (κ3) is 5.57. The van der Waals surface area contributed by atoms with Crippen LogP contribution in [0.4, 0.5) is 5.69 Å². The molecular formula is C21H28N2O3S. The molecule has 1 unspecified atom stereocenters. The monoisotopic (exact) mass is 388 g/mol. The minimum Gasteiger partial charge on any atom is -0.350 e. The second-order valence-electron chi connectivity index (χ2n) is 6.71. The average molecular weight is 389 g/mol. The molecular weight excluding hydrogens is 360 g/mol. The number of unbranched alkanes of at least 4 members (excludes halogenated alkanes) is 2. The van der Waals surface area contributed by atoms with E-state index >= 15 is 0 Å². The molecule has 0 spiro atoms. The van der Waals surface area contributed by atoms with Gasteiger partial charge in [-0.1, -0.05) is 50.5 Å². The molecule has 2 rings (SSSR count). The summed E-state index contributed by atoms with van der Waals surface area (Å²) in [5.41, 5.74) is 0.914. The summed E-state index contributed by atoms with van der Waals surface area (Å²) in [5.74, 6) is -0.251. The Morgan fingerprint density at radius 1 is 1.07 bits per heavy atom. The van der Waals surface area contributed by atoms with E-state index in [4.69, 9.17) is 0 Å². The first kappa shape index (κ1) is 21.0. The number of sulfonamides is 1. The summed E-state index contributed by atoms with van der Waals surface area (Å²) in [6.45, 7) is 4.11. The van der Waals surface area contributed by atoms with E-state index in [0.717, 1.165) is 25.7 Å². The van der Waals surface area contributed by atoms with Crippen molar-refractivity contribution < 1.29 is 13.2 Å². The first-order valence-corrected chi connectivity index (χ1v) is 10.7. The molecule has 0 heterocycles. The Morgan fingerprint density at radius 3 is 2.44 bits per heavy atom. The van der Waals surface area contributed by atoms with E-state index in [0.29, 0.717) is 11.3 Å². The van der Waals surface area contributed by atoms with Crippen LogP contribution in [0.5, 0.6) is 0 Å². The molecule has 0 radical (unpaired) electrons. The molecule has 5 nitrogen and oxygen atoms in total. The molecule has 0 fully saturated rings. The van der Waals surface area contributed by atoms with Gasteiger partial charge in [-0.25, -0.2) is 8.42 Å². The summed E-state index contributed by atoms with van der Waals surface area (Å²) in [6, 6.07) is 15.1. The van der Waals surface area contributed by atoms with E-state index < -0.39 is 10.0 Å². The smallest absolute Gasteiger partial charge is 0.264 e. The fourth-order valence-electron chi connectivity index (χ4n) is 2.81. The number of anilines is 1. The molecule has 0 aliphatic heterocycles. The van der Waals surface area contributed by atoms with E-state index in [9.17, 15) is 13.2 Å². The number of nitrogens with one attached hydrogen (secondary N) is 1. The molecule has 0 saturated heterocycles. The number of amides is 1. The van der Waals surface area contributed by atoms with Gasteiger partial charge in [-0.2, -0.15) is 0 Å². The number of benzene rings is 2. The van der Waals surface area contributed by atoms with Crippen molar-refractivity contribution in [2.75, 3.05) is 11.4 Å². The van der Waals surface area contributed by atoms with Crippen LogP contribution < -0.4 is 9.62 Å². The van der Waals surface area contributed by atoms with Gasteiger partial charge in [-0.3, -0.25) is 9.10 Å². The highest BCUT2D eigenvalue weighted by Crippen LogP contribution is 2.22. The van der Waals surface area contributed by atoms with Gasteiger partial charge >= 0.3 is 0 Å². The van der Waals surface area contributed by atoms with Gasteiger partial charge in [-0.15, -0.1) is 0 Å². The van der Waals surface area contributed by atoms with Gasteiger partial charge in [0, 0.05) is 18.7 Å². The Balaban J connectivity index is 2.15. The number of carbonyl (C=O) groups excluding carboxylic acids is 1. The van der Waals surface area contributed by atoms with Crippen LogP contribution >= 0.6 is 0 Å². The van der Waals surface area contributed by atoms with Gasteiger partial charge in [0.1, 0.15) is 0 Å². The maximum absolute atomic E-state index is 12.9. The molecule has 6 heteroatoms. The average Bonchev–Trinajstić information content (AvgIpc) is 2.68. The molecule has 0 bridgehead atoms. The third-order valence-corrected chi connectivity index (χ3v) is 6.27. The molecule has 27 heavy (non-hydrogen) atoms. The van der Waals surface area contributed by atoms with Crippen molar-refractivity contribution in [2.24, 2.45) is 0 Å². The number of hydrogen-bond donors (Lipinski definition) is 1. The SMILES string of the molecule is CCCCCC(C)NC(=O)c1cccc(S(=O)(=O)N(C)c2ccccc2)c1. The van der Waals surface area contributed by atoms with Crippen molar-refractivity contribution in [1.82, 2.24) is 5.32 Å². The second kappa shape index (κ2) is 9.55. The molecule has 0 aromatic heterocycles. The molecule has 1 amide bonds. The zero-order valence-corrected chi connectivity index (χ0v) is 17.0. The standard InChI is InChI=1S/C21H28N2O3S/c1-4-5-7-11-17(2)22-21(24)18-12-10-15-20(16-18)27(25,26)23(3)19-13-8-6-9-14-19/h6,8-10,12-17H,4-5,7,11H2,1-3H3,(H,22,24). The van der Waals surface area contributed by atoms with Crippen LogP contribution in [-0.2, 0) is 10.0 Å². The minimum atomic E-state index is -3.74. The summed E-state index contributed by atoms with van der Waals surface area (Å²) >= 11 is 0. The lowest BCUT2D eigenvalue weighted by Crippen LogP contribution is -2.33. The zero-order valence-electron chi connectivity index (χ0n) is 16.2. The lowest BCUT2D eigenvalue weighted by Gasteiger charge is -2.20. The summed E-state index contributed by atoms with van der Waals surface area (Å²) in [6.07, 6.45) is 4.25. The van der Waals surface area contributed by atoms with Gasteiger partial charge in [0.15, 0.2) is 0 Å². The Kier molecular flexibility index (Phi) is 7.42. The predicted molar refractivity (Wildman–Crippen MR) is 110 cm³/mol. The largest absolute Gasteiger partial charge is 0.350 e. The lowest BCUT2D eigenvalue weighted by atomic mass is 10.1. The molecule has 1 N–H and O–H groups in total. The topological polar surface area (TPSA) is 66.5 Å². The van der Waals surface area contributed by atoms with Crippen LogP contribution in [-0.4, -0.2) is 27.4 Å². The van der Waals surface area contributed by atoms with Crippen molar-refractivity contribution in [2.45, 2.75) is 50.5 Å². The molecule has 0 aliphatic rings. The van der Waals surface area contributed by atoms with Crippen LogP contribution in [0.3, 0.4) is 0 Å². The van der Waals surface area contributed by atoms with E-state index in [1.54, 1.807) is 36.4 Å². The Hall–Kier alpha value is -2.34. The van der Waals surface area contributed by atoms with Crippen molar-refractivity contribution in [3.63, 3.8) is 0 Å². The molecule has 2 aromatic carbocycles. The predicted octanol–water partition coefficient (Wildman–Crippen LogP) is 4.21. The third-order valence-electron chi connectivity index (χ3n) is 4.49. The second-order valence-corrected chi connectivity index (χ2v) is 8.68. The number of para-hydroxylation sites is 1. The van der Waals surface area contributed by atoms with Crippen LogP contribution in [0.25, 0.3) is 0 Å². The molecule has 146 valence electrons. The first-order chi connectivity index (χ1) is 12.9. The molecule has 2 aromatic rings. The summed E-state index contributed by atoms with van der Waals surface area (Å²) in [7, 11) is -2.23. The maximum atomic E-state index is 12.9. The number of hydrogen-bond acceptors (Lipinski definition) is 3. The van der Waals surface area contributed by atoms with Gasteiger partial charge < -0.3 is 5.32 Å². The fourth-order valence-corrected chi connectivity index (χ4v) is 4.05.